The smallest absolute Gasteiger partial charge is 0.408 e. The van der Waals surface area contributed by atoms with Crippen molar-refractivity contribution in [1.29, 1.82) is 0 Å². The number of nitrogens with one attached hydrogen (secondary N) is 1. The van der Waals surface area contributed by atoms with E-state index in [1.165, 1.54) is 4.90 Å². The number of benzene rings is 1. The first-order valence-electron chi connectivity index (χ1n) is 7.29. The Balaban J connectivity index is 2.17. The molecular weight excluding hydrogens is 300 g/mol. The first-order chi connectivity index (χ1) is 10.7. The Hall–Kier alpha value is -2.57. The van der Waals surface area contributed by atoms with E-state index in [1.807, 2.05) is 0 Å². The minimum absolute atomic E-state index is 0.0116. The second-order valence-electron chi connectivity index (χ2n) is 6.33. The lowest BCUT2D eigenvalue weighted by atomic mass is 10.1. The molecule has 1 aliphatic rings. The predicted molar refractivity (Wildman–Crippen MR) is 83.1 cm³/mol. The van der Waals surface area contributed by atoms with Crippen LogP contribution in [0.4, 0.5) is 10.5 Å². The Morgan fingerprint density at radius 1 is 1.26 bits per heavy atom. The number of nitrogens with zero attached hydrogens (tertiary/aromatic N) is 1. The van der Waals surface area contributed by atoms with E-state index in [0.717, 1.165) is 0 Å². The second-order valence-corrected chi connectivity index (χ2v) is 6.33. The van der Waals surface area contributed by atoms with Crippen molar-refractivity contribution < 1.29 is 24.2 Å². The maximum absolute atomic E-state index is 12.5. The summed E-state index contributed by atoms with van der Waals surface area (Å²) in [6.45, 7) is 5.12. The molecular formula is C16H20N2O5. The molecule has 124 valence electrons. The Labute approximate surface area is 134 Å². The number of hydrogen-bond acceptors (Lipinski definition) is 4. The Kier molecular flexibility index (Phi) is 4.58. The predicted octanol–water partition coefficient (Wildman–Crippen LogP) is 1.77. The van der Waals surface area contributed by atoms with Crippen LogP contribution >= 0.6 is 0 Å². The first kappa shape index (κ1) is 16.8. The summed E-state index contributed by atoms with van der Waals surface area (Å²) < 4.78 is 5.12. The van der Waals surface area contributed by atoms with Gasteiger partial charge in [-0.2, -0.15) is 0 Å². The minimum atomic E-state index is -1.12. The molecule has 1 saturated heterocycles. The molecule has 0 saturated carbocycles. The summed E-state index contributed by atoms with van der Waals surface area (Å²) in [6.07, 6.45) is -0.752. The number of para-hydroxylation sites is 1. The molecule has 23 heavy (non-hydrogen) atoms. The number of ether oxygens (including phenoxy) is 1. The number of carbonyl (C=O) groups excluding carboxylic acids is 2. The van der Waals surface area contributed by atoms with Gasteiger partial charge in [0.25, 0.3) is 5.91 Å². The molecule has 1 aliphatic heterocycles. The molecule has 1 aromatic rings. The van der Waals surface area contributed by atoms with E-state index in [2.05, 4.69) is 5.32 Å². The summed E-state index contributed by atoms with van der Waals surface area (Å²) in [6, 6.07) is 6.58. The molecule has 7 heteroatoms. The van der Waals surface area contributed by atoms with Gasteiger partial charge < -0.3 is 15.2 Å². The van der Waals surface area contributed by atoms with E-state index in [1.54, 1.807) is 51.1 Å². The topological polar surface area (TPSA) is 95.9 Å². The zero-order chi connectivity index (χ0) is 17.2. The molecule has 1 aromatic carbocycles. The van der Waals surface area contributed by atoms with Gasteiger partial charge in [0.15, 0.2) is 0 Å². The van der Waals surface area contributed by atoms with Gasteiger partial charge in [0, 0.05) is 12.1 Å². The number of alkyl carbamates (subject to hydrolysis) is 1. The molecule has 0 radical (unpaired) electrons. The largest absolute Gasteiger partial charge is 0.480 e. The van der Waals surface area contributed by atoms with Crippen LogP contribution in [-0.2, 0) is 14.3 Å². The van der Waals surface area contributed by atoms with Crippen molar-refractivity contribution in [3.8, 4) is 0 Å². The standard InChI is InChI=1S/C16H20N2O5/c1-16(2,3)23-15(22)17-11-9-12(14(20)21)18(13(11)19)10-7-5-4-6-8-10/h4-8,11-12H,9H2,1-3H3,(H,17,22)(H,20,21)/t11-,12-/m0/s1. The van der Waals surface area contributed by atoms with E-state index in [-0.39, 0.29) is 6.42 Å². The number of aliphatic carboxylic acids is 1. The molecule has 1 fully saturated rings. The SMILES string of the molecule is CC(C)(C)OC(=O)N[C@H]1C[C@@H](C(=O)O)N(c2ccccc2)C1=O. The Morgan fingerprint density at radius 2 is 1.87 bits per heavy atom. The summed E-state index contributed by atoms with van der Waals surface area (Å²) in [4.78, 5) is 37.0. The molecule has 0 bridgehead atoms. The lowest BCUT2D eigenvalue weighted by molar-refractivity contribution is -0.138. The zero-order valence-corrected chi connectivity index (χ0v) is 13.3. The van der Waals surface area contributed by atoms with Crippen LogP contribution in [0, 0.1) is 0 Å². The lowest BCUT2D eigenvalue weighted by Crippen LogP contribution is -2.44. The third-order valence-electron chi connectivity index (χ3n) is 3.32. The minimum Gasteiger partial charge on any atom is -0.480 e. The highest BCUT2D eigenvalue weighted by molar-refractivity contribution is 6.06. The van der Waals surface area contributed by atoms with Gasteiger partial charge in [-0.25, -0.2) is 9.59 Å². The number of hydrogen-bond donors (Lipinski definition) is 2. The zero-order valence-electron chi connectivity index (χ0n) is 13.3. The van der Waals surface area contributed by atoms with Gasteiger partial charge in [0.05, 0.1) is 0 Å². The van der Waals surface area contributed by atoms with E-state index >= 15 is 0 Å². The van der Waals surface area contributed by atoms with Crippen LogP contribution in [0.3, 0.4) is 0 Å². The number of rotatable bonds is 3. The number of carbonyl (C=O) groups is 3. The summed E-state index contributed by atoms with van der Waals surface area (Å²) in [5, 5.41) is 11.8. The van der Waals surface area contributed by atoms with Crippen molar-refractivity contribution in [1.82, 2.24) is 5.32 Å². The fourth-order valence-corrected chi connectivity index (χ4v) is 2.43. The summed E-state index contributed by atoms with van der Waals surface area (Å²) >= 11 is 0. The van der Waals surface area contributed by atoms with Crippen LogP contribution < -0.4 is 10.2 Å². The fraction of sp³-hybridized carbons (Fsp3) is 0.438. The van der Waals surface area contributed by atoms with Crippen LogP contribution in [0.2, 0.25) is 0 Å². The first-order valence-corrected chi connectivity index (χ1v) is 7.29. The van der Waals surface area contributed by atoms with Crippen molar-refractivity contribution in [2.45, 2.75) is 44.9 Å². The van der Waals surface area contributed by atoms with Gasteiger partial charge in [-0.15, -0.1) is 0 Å². The normalized spacial score (nSPS) is 21.2. The van der Waals surface area contributed by atoms with Gasteiger partial charge in [-0.1, -0.05) is 18.2 Å². The number of carboxylic acid groups (broad SMARTS) is 1. The van der Waals surface area contributed by atoms with Crippen molar-refractivity contribution in [2.24, 2.45) is 0 Å². The highest BCUT2D eigenvalue weighted by Gasteiger charge is 2.45. The average Bonchev–Trinajstić information content (AvgIpc) is 2.75. The molecule has 7 nitrogen and oxygen atoms in total. The molecule has 0 unspecified atom stereocenters. The van der Waals surface area contributed by atoms with Crippen LogP contribution in [0.15, 0.2) is 30.3 Å². The Bertz CT molecular complexity index is 609. The summed E-state index contributed by atoms with van der Waals surface area (Å²) in [5.41, 5.74) is -0.213. The van der Waals surface area contributed by atoms with Gasteiger partial charge in [0.1, 0.15) is 17.7 Å². The molecule has 0 aromatic heterocycles. The molecule has 2 amide bonds. The van der Waals surface area contributed by atoms with E-state index in [0.29, 0.717) is 5.69 Å². The monoisotopic (exact) mass is 320 g/mol. The maximum Gasteiger partial charge on any atom is 0.408 e. The van der Waals surface area contributed by atoms with Gasteiger partial charge in [-0.3, -0.25) is 9.69 Å². The van der Waals surface area contributed by atoms with Crippen molar-refractivity contribution in [3.05, 3.63) is 30.3 Å². The second kappa shape index (κ2) is 6.28. The molecule has 1 heterocycles. The van der Waals surface area contributed by atoms with Crippen LogP contribution in [-0.4, -0.2) is 40.8 Å². The summed E-state index contributed by atoms with van der Waals surface area (Å²) in [7, 11) is 0. The van der Waals surface area contributed by atoms with E-state index in [9.17, 15) is 19.5 Å². The molecule has 0 aliphatic carbocycles. The maximum atomic E-state index is 12.5. The number of amides is 2. The lowest BCUT2D eigenvalue weighted by Gasteiger charge is -2.22. The fourth-order valence-electron chi connectivity index (χ4n) is 2.43. The third kappa shape index (κ3) is 4.00. The number of anilines is 1. The van der Waals surface area contributed by atoms with Gasteiger partial charge in [-0.05, 0) is 32.9 Å². The van der Waals surface area contributed by atoms with Crippen LogP contribution in [0.25, 0.3) is 0 Å². The highest BCUT2D eigenvalue weighted by atomic mass is 16.6. The quantitative estimate of drug-likeness (QED) is 0.885. The number of carboxylic acids is 1. The van der Waals surface area contributed by atoms with E-state index in [4.69, 9.17) is 4.74 Å². The van der Waals surface area contributed by atoms with Crippen molar-refractivity contribution in [3.63, 3.8) is 0 Å². The van der Waals surface area contributed by atoms with Crippen LogP contribution in [0.1, 0.15) is 27.2 Å². The summed E-state index contributed by atoms with van der Waals surface area (Å²) in [5.74, 6) is -1.58. The molecule has 0 spiro atoms. The molecule has 2 atom stereocenters. The molecule has 2 rings (SSSR count). The highest BCUT2D eigenvalue weighted by Crippen LogP contribution is 2.27. The Morgan fingerprint density at radius 3 is 2.39 bits per heavy atom. The van der Waals surface area contributed by atoms with E-state index < -0.39 is 35.7 Å². The van der Waals surface area contributed by atoms with Crippen molar-refractivity contribution >= 4 is 23.7 Å². The molecule has 2 N–H and O–H groups in total. The average molecular weight is 320 g/mol. The van der Waals surface area contributed by atoms with Crippen molar-refractivity contribution in [2.75, 3.05) is 4.90 Å². The van der Waals surface area contributed by atoms with Crippen LogP contribution in [0.5, 0.6) is 0 Å². The van der Waals surface area contributed by atoms with Gasteiger partial charge >= 0.3 is 12.1 Å². The third-order valence-corrected chi connectivity index (χ3v) is 3.32. The van der Waals surface area contributed by atoms with Gasteiger partial charge in [0.2, 0.25) is 0 Å².